The fourth-order valence-corrected chi connectivity index (χ4v) is 6.22. The van der Waals surface area contributed by atoms with Gasteiger partial charge in [-0.15, -0.1) is 11.3 Å². The molecule has 8 nitrogen and oxygen atoms in total. The predicted molar refractivity (Wildman–Crippen MR) is 149 cm³/mol. The first-order chi connectivity index (χ1) is 18.9. The number of aromatic amines is 1. The van der Waals surface area contributed by atoms with Gasteiger partial charge in [0.15, 0.2) is 0 Å². The lowest BCUT2D eigenvalue weighted by Crippen LogP contribution is -2.48. The Balaban J connectivity index is 1.30. The summed E-state index contributed by atoms with van der Waals surface area (Å²) in [5.74, 6) is 0.881. The van der Waals surface area contributed by atoms with E-state index in [1.807, 2.05) is 29.2 Å². The molecule has 39 heavy (non-hydrogen) atoms. The number of alkyl halides is 3. The number of nitrogens with zero attached hydrogens (tertiary/aromatic N) is 4. The average Bonchev–Trinajstić information content (AvgIpc) is 3.37. The normalized spacial score (nSPS) is 18.5. The highest BCUT2D eigenvalue weighted by Gasteiger charge is 2.35. The fraction of sp³-hybridized carbons (Fsp3) is 0.370. The Morgan fingerprint density at radius 1 is 0.974 bits per heavy atom. The van der Waals surface area contributed by atoms with Crippen molar-refractivity contribution in [2.24, 2.45) is 0 Å². The monoisotopic (exact) mass is 555 g/mol. The average molecular weight is 556 g/mol. The lowest BCUT2D eigenvalue weighted by atomic mass is 10.1. The van der Waals surface area contributed by atoms with Gasteiger partial charge in [0.2, 0.25) is 5.95 Å². The standard InChI is InChI=1S/C27H28F3N7OS/c28-27(29,30)18-7-1-3-9-20(18)36-12-14-37(15-13-36)26-34-23(32-17-6-5-11-31-16-17)22(24(38)35-26)25-33-19-8-2-4-10-21(19)39-25/h1-4,7-10,17,31H,5-6,11-16H2,(H2,32,34,35,38). The van der Waals surface area contributed by atoms with Crippen LogP contribution in [0.2, 0.25) is 0 Å². The van der Waals surface area contributed by atoms with Crippen LogP contribution >= 0.6 is 11.3 Å². The zero-order valence-electron chi connectivity index (χ0n) is 21.1. The largest absolute Gasteiger partial charge is 0.418 e. The van der Waals surface area contributed by atoms with E-state index in [4.69, 9.17) is 9.97 Å². The van der Waals surface area contributed by atoms with Crippen molar-refractivity contribution >= 4 is 39.0 Å². The van der Waals surface area contributed by atoms with Gasteiger partial charge in [0, 0.05) is 44.5 Å². The van der Waals surface area contributed by atoms with Gasteiger partial charge in [-0.25, -0.2) is 4.98 Å². The first kappa shape index (κ1) is 25.6. The Morgan fingerprint density at radius 3 is 2.46 bits per heavy atom. The number of hydrogen-bond acceptors (Lipinski definition) is 8. The summed E-state index contributed by atoms with van der Waals surface area (Å²) in [6.45, 7) is 3.29. The van der Waals surface area contributed by atoms with Crippen LogP contribution in [0.3, 0.4) is 0 Å². The fourth-order valence-electron chi connectivity index (χ4n) is 5.21. The third kappa shape index (κ3) is 5.30. The van der Waals surface area contributed by atoms with Gasteiger partial charge >= 0.3 is 6.18 Å². The first-order valence-electron chi connectivity index (χ1n) is 13.0. The second-order valence-corrected chi connectivity index (χ2v) is 10.8. The Bertz CT molecular complexity index is 1490. The minimum Gasteiger partial charge on any atom is -0.367 e. The number of piperidine rings is 1. The van der Waals surface area contributed by atoms with E-state index in [2.05, 4.69) is 15.6 Å². The minimum absolute atomic E-state index is 0.116. The summed E-state index contributed by atoms with van der Waals surface area (Å²) < 4.78 is 41.7. The van der Waals surface area contributed by atoms with Crippen molar-refractivity contribution in [3.63, 3.8) is 0 Å². The van der Waals surface area contributed by atoms with Crippen molar-refractivity contribution in [3.8, 4) is 10.6 Å². The molecule has 0 amide bonds. The molecule has 2 aromatic carbocycles. The molecule has 2 aliphatic rings. The quantitative estimate of drug-likeness (QED) is 0.333. The van der Waals surface area contributed by atoms with Crippen molar-refractivity contribution in [1.82, 2.24) is 20.3 Å². The molecule has 6 rings (SSSR count). The second-order valence-electron chi connectivity index (χ2n) is 9.78. The summed E-state index contributed by atoms with van der Waals surface area (Å²) in [5.41, 5.74) is 0.460. The molecule has 4 heterocycles. The van der Waals surface area contributed by atoms with E-state index >= 15 is 0 Å². The van der Waals surface area contributed by atoms with Crippen LogP contribution in [0.5, 0.6) is 0 Å². The van der Waals surface area contributed by atoms with Gasteiger partial charge in [-0.1, -0.05) is 24.3 Å². The highest BCUT2D eigenvalue weighted by atomic mass is 32.1. The van der Waals surface area contributed by atoms with Crippen molar-refractivity contribution in [1.29, 1.82) is 0 Å². The summed E-state index contributed by atoms with van der Waals surface area (Å²) in [6, 6.07) is 13.5. The van der Waals surface area contributed by atoms with Gasteiger partial charge in [0.25, 0.3) is 5.56 Å². The van der Waals surface area contributed by atoms with E-state index in [-0.39, 0.29) is 17.3 Å². The smallest absolute Gasteiger partial charge is 0.367 e. The molecular formula is C27H28F3N7OS. The first-order valence-corrected chi connectivity index (χ1v) is 13.8. The molecule has 12 heteroatoms. The van der Waals surface area contributed by atoms with Gasteiger partial charge < -0.3 is 20.4 Å². The Kier molecular flexibility index (Phi) is 6.90. The van der Waals surface area contributed by atoms with E-state index in [9.17, 15) is 18.0 Å². The zero-order valence-corrected chi connectivity index (χ0v) is 21.9. The molecule has 2 fully saturated rings. The van der Waals surface area contributed by atoms with Crippen LogP contribution in [0.25, 0.3) is 20.8 Å². The maximum absolute atomic E-state index is 13.6. The number of para-hydroxylation sites is 2. The highest BCUT2D eigenvalue weighted by Crippen LogP contribution is 2.37. The molecule has 0 saturated carbocycles. The molecule has 4 aromatic rings. The molecule has 2 aliphatic heterocycles. The highest BCUT2D eigenvalue weighted by molar-refractivity contribution is 7.21. The Labute approximate surface area is 226 Å². The van der Waals surface area contributed by atoms with Crippen molar-refractivity contribution in [3.05, 3.63) is 64.4 Å². The summed E-state index contributed by atoms with van der Waals surface area (Å²) in [4.78, 5) is 29.7. The predicted octanol–water partition coefficient (Wildman–Crippen LogP) is 4.56. The van der Waals surface area contributed by atoms with Gasteiger partial charge in [-0.2, -0.15) is 18.2 Å². The Morgan fingerprint density at radius 2 is 1.72 bits per heavy atom. The number of hydrogen-bond donors (Lipinski definition) is 3. The number of anilines is 3. The molecule has 3 N–H and O–H groups in total. The van der Waals surface area contributed by atoms with E-state index in [0.29, 0.717) is 48.5 Å². The minimum atomic E-state index is -4.43. The molecule has 0 spiro atoms. The summed E-state index contributed by atoms with van der Waals surface area (Å²) in [5, 5.41) is 7.45. The number of piperazine rings is 1. The van der Waals surface area contributed by atoms with Gasteiger partial charge in [0.05, 0.1) is 15.8 Å². The third-order valence-electron chi connectivity index (χ3n) is 7.18. The Hall–Kier alpha value is -3.64. The lowest BCUT2D eigenvalue weighted by Gasteiger charge is -2.37. The molecule has 0 bridgehead atoms. The molecule has 2 aromatic heterocycles. The van der Waals surface area contributed by atoms with Crippen LogP contribution in [0.4, 0.5) is 30.6 Å². The van der Waals surface area contributed by atoms with Gasteiger partial charge in [-0.3, -0.25) is 9.78 Å². The summed E-state index contributed by atoms with van der Waals surface area (Å²) in [7, 11) is 0. The van der Waals surface area contributed by atoms with E-state index < -0.39 is 11.7 Å². The summed E-state index contributed by atoms with van der Waals surface area (Å²) >= 11 is 1.44. The third-order valence-corrected chi connectivity index (χ3v) is 8.24. The molecule has 1 unspecified atom stereocenters. The van der Waals surface area contributed by atoms with Crippen molar-refractivity contribution in [2.75, 3.05) is 54.4 Å². The van der Waals surface area contributed by atoms with Crippen LogP contribution < -0.4 is 26.0 Å². The van der Waals surface area contributed by atoms with Crippen molar-refractivity contribution in [2.45, 2.75) is 25.1 Å². The second kappa shape index (κ2) is 10.5. The van der Waals surface area contributed by atoms with Crippen LogP contribution in [0, 0.1) is 0 Å². The number of rotatable bonds is 5. The number of benzene rings is 2. The zero-order chi connectivity index (χ0) is 27.0. The van der Waals surface area contributed by atoms with E-state index in [0.717, 1.165) is 42.2 Å². The van der Waals surface area contributed by atoms with E-state index in [1.165, 1.54) is 23.5 Å². The molecule has 0 aliphatic carbocycles. The number of thiazole rings is 1. The van der Waals surface area contributed by atoms with Crippen LogP contribution in [-0.4, -0.2) is 60.3 Å². The van der Waals surface area contributed by atoms with Crippen LogP contribution in [-0.2, 0) is 6.18 Å². The number of nitrogens with one attached hydrogen (secondary N) is 3. The van der Waals surface area contributed by atoms with Crippen molar-refractivity contribution < 1.29 is 13.2 Å². The SMILES string of the molecule is O=c1[nH]c(N2CCN(c3ccccc3C(F)(F)F)CC2)nc(NC2CCCNC2)c1-c1nc2ccccc2s1. The molecular weight excluding hydrogens is 527 g/mol. The topological polar surface area (TPSA) is 89.2 Å². The molecule has 1 atom stereocenters. The van der Waals surface area contributed by atoms with Crippen LogP contribution in [0.1, 0.15) is 18.4 Å². The molecule has 204 valence electrons. The number of halogens is 3. The molecule has 2 saturated heterocycles. The summed E-state index contributed by atoms with van der Waals surface area (Å²) in [6.07, 6.45) is -2.45. The molecule has 0 radical (unpaired) electrons. The lowest BCUT2D eigenvalue weighted by molar-refractivity contribution is -0.137. The number of H-pyrrole nitrogens is 1. The van der Waals surface area contributed by atoms with Crippen LogP contribution in [0.15, 0.2) is 53.3 Å². The van der Waals surface area contributed by atoms with Gasteiger partial charge in [0.1, 0.15) is 16.4 Å². The van der Waals surface area contributed by atoms with Gasteiger partial charge in [-0.05, 0) is 43.7 Å². The maximum Gasteiger partial charge on any atom is 0.418 e. The van der Waals surface area contributed by atoms with E-state index in [1.54, 1.807) is 11.0 Å². The number of fused-ring (bicyclic) bond motifs is 1. The number of aromatic nitrogens is 3. The maximum atomic E-state index is 13.6.